The van der Waals surface area contributed by atoms with Gasteiger partial charge in [-0.25, -0.2) is 0 Å². The third kappa shape index (κ3) is 1.35. The van der Waals surface area contributed by atoms with Crippen LogP contribution in [0.5, 0.6) is 0 Å². The monoisotopic (exact) mass is 209 g/mol. The van der Waals surface area contributed by atoms with Gasteiger partial charge in [0.05, 0.1) is 5.02 Å². The van der Waals surface area contributed by atoms with Gasteiger partial charge in [0.1, 0.15) is 0 Å². The number of rotatable bonds is 2. The molecule has 0 aliphatic heterocycles. The smallest absolute Gasteiger partial charge is 0.0713 e. The first kappa shape index (κ1) is 9.37. The molecule has 0 saturated heterocycles. The summed E-state index contributed by atoms with van der Waals surface area (Å²) in [6.45, 7) is 0.576. The molecular weight excluding hydrogens is 198 g/mol. The maximum absolute atomic E-state index is 6.17. The van der Waals surface area contributed by atoms with Crippen LogP contribution in [0, 0.1) is 0 Å². The van der Waals surface area contributed by atoms with Crippen molar-refractivity contribution < 1.29 is 0 Å². The Bertz CT molecular complexity index is 462. The van der Waals surface area contributed by atoms with Crippen molar-refractivity contribution in [1.29, 1.82) is 0 Å². The van der Waals surface area contributed by atoms with Crippen molar-refractivity contribution in [1.82, 2.24) is 4.98 Å². The fourth-order valence-corrected chi connectivity index (χ4v) is 1.96. The van der Waals surface area contributed by atoms with Crippen molar-refractivity contribution in [3.05, 3.63) is 28.9 Å². The van der Waals surface area contributed by atoms with Crippen molar-refractivity contribution >= 4 is 28.2 Å². The van der Waals surface area contributed by atoms with Gasteiger partial charge >= 0.3 is 0 Å². The SMILES string of the molecule is NCCc1[nH]c2cccc(N)c2c1Cl. The number of benzene rings is 1. The van der Waals surface area contributed by atoms with Gasteiger partial charge in [-0.2, -0.15) is 0 Å². The first-order valence-electron chi connectivity index (χ1n) is 4.48. The molecule has 2 rings (SSSR count). The molecular formula is C10H12ClN3. The Kier molecular flexibility index (Phi) is 2.35. The van der Waals surface area contributed by atoms with E-state index >= 15 is 0 Å². The lowest BCUT2D eigenvalue weighted by Gasteiger charge is -1.95. The highest BCUT2D eigenvalue weighted by Crippen LogP contribution is 2.31. The summed E-state index contributed by atoms with van der Waals surface area (Å²) in [5, 5.41) is 1.60. The molecule has 0 atom stereocenters. The summed E-state index contributed by atoms with van der Waals surface area (Å²) in [5.41, 5.74) is 13.9. The van der Waals surface area contributed by atoms with Gasteiger partial charge in [-0.05, 0) is 18.7 Å². The van der Waals surface area contributed by atoms with E-state index in [1.807, 2.05) is 18.2 Å². The van der Waals surface area contributed by atoms with E-state index in [-0.39, 0.29) is 0 Å². The molecule has 14 heavy (non-hydrogen) atoms. The van der Waals surface area contributed by atoms with Gasteiger partial charge < -0.3 is 16.5 Å². The van der Waals surface area contributed by atoms with Crippen LogP contribution in [0.1, 0.15) is 5.69 Å². The number of nitrogen functional groups attached to an aromatic ring is 1. The summed E-state index contributed by atoms with van der Waals surface area (Å²) in [6.07, 6.45) is 0.743. The maximum Gasteiger partial charge on any atom is 0.0713 e. The molecule has 0 saturated carbocycles. The number of fused-ring (bicyclic) bond motifs is 1. The number of hydrogen-bond acceptors (Lipinski definition) is 2. The minimum Gasteiger partial charge on any atom is -0.398 e. The van der Waals surface area contributed by atoms with Gasteiger partial charge in [0.15, 0.2) is 0 Å². The molecule has 0 aliphatic carbocycles. The average Bonchev–Trinajstić information content (AvgIpc) is 2.46. The van der Waals surface area contributed by atoms with Crippen molar-refractivity contribution in [2.75, 3.05) is 12.3 Å². The molecule has 4 heteroatoms. The van der Waals surface area contributed by atoms with Crippen LogP contribution in [0.2, 0.25) is 5.02 Å². The Morgan fingerprint density at radius 1 is 1.36 bits per heavy atom. The van der Waals surface area contributed by atoms with E-state index < -0.39 is 0 Å². The summed E-state index contributed by atoms with van der Waals surface area (Å²) in [4.78, 5) is 3.21. The molecule has 0 bridgehead atoms. The molecule has 0 unspecified atom stereocenters. The minimum absolute atomic E-state index is 0.576. The first-order valence-corrected chi connectivity index (χ1v) is 4.86. The van der Waals surface area contributed by atoms with Crippen molar-refractivity contribution in [2.45, 2.75) is 6.42 Å². The molecule has 1 aromatic heterocycles. The number of aromatic nitrogens is 1. The van der Waals surface area contributed by atoms with Gasteiger partial charge in [-0.15, -0.1) is 0 Å². The highest BCUT2D eigenvalue weighted by Gasteiger charge is 2.10. The summed E-state index contributed by atoms with van der Waals surface area (Å²) in [6, 6.07) is 5.70. The number of H-pyrrole nitrogens is 1. The molecule has 0 fully saturated rings. The first-order chi connectivity index (χ1) is 6.74. The van der Waals surface area contributed by atoms with Crippen LogP contribution in [0.3, 0.4) is 0 Å². The van der Waals surface area contributed by atoms with Gasteiger partial charge in [-0.1, -0.05) is 17.7 Å². The van der Waals surface area contributed by atoms with Gasteiger partial charge in [0, 0.05) is 28.7 Å². The van der Waals surface area contributed by atoms with Gasteiger partial charge in [-0.3, -0.25) is 0 Å². The molecule has 0 radical (unpaired) electrons. The van der Waals surface area contributed by atoms with Crippen molar-refractivity contribution in [2.24, 2.45) is 5.73 Å². The van der Waals surface area contributed by atoms with Crippen LogP contribution in [-0.2, 0) is 6.42 Å². The Morgan fingerprint density at radius 3 is 2.79 bits per heavy atom. The molecule has 1 heterocycles. The highest BCUT2D eigenvalue weighted by molar-refractivity contribution is 6.37. The summed E-state index contributed by atoms with van der Waals surface area (Å²) >= 11 is 6.17. The van der Waals surface area contributed by atoms with Crippen molar-refractivity contribution in [3.8, 4) is 0 Å². The Hall–Kier alpha value is -1.19. The minimum atomic E-state index is 0.576. The largest absolute Gasteiger partial charge is 0.398 e. The second-order valence-corrected chi connectivity index (χ2v) is 3.60. The Labute approximate surface area is 87.0 Å². The summed E-state index contributed by atoms with van der Waals surface area (Å²) in [5.74, 6) is 0. The quantitative estimate of drug-likeness (QED) is 0.662. The highest BCUT2D eigenvalue weighted by atomic mass is 35.5. The third-order valence-electron chi connectivity index (χ3n) is 2.26. The number of nitrogens with one attached hydrogen (secondary N) is 1. The van der Waals surface area contributed by atoms with Crippen LogP contribution in [-0.4, -0.2) is 11.5 Å². The Morgan fingerprint density at radius 2 is 2.14 bits per heavy atom. The number of aromatic amines is 1. The van der Waals surface area contributed by atoms with Crippen LogP contribution >= 0.6 is 11.6 Å². The lowest BCUT2D eigenvalue weighted by molar-refractivity contribution is 0.940. The van der Waals surface area contributed by atoms with Crippen LogP contribution in [0.15, 0.2) is 18.2 Å². The summed E-state index contributed by atoms with van der Waals surface area (Å²) in [7, 11) is 0. The Balaban J connectivity index is 2.68. The third-order valence-corrected chi connectivity index (χ3v) is 2.68. The lowest BCUT2D eigenvalue weighted by Crippen LogP contribution is -2.03. The van der Waals surface area contributed by atoms with Crippen LogP contribution in [0.25, 0.3) is 10.9 Å². The molecule has 1 aromatic carbocycles. The van der Waals surface area contributed by atoms with E-state index in [0.717, 1.165) is 23.0 Å². The second-order valence-electron chi connectivity index (χ2n) is 3.23. The maximum atomic E-state index is 6.17. The molecule has 3 nitrogen and oxygen atoms in total. The fraction of sp³-hybridized carbons (Fsp3) is 0.200. The van der Waals surface area contributed by atoms with E-state index in [0.29, 0.717) is 17.3 Å². The molecule has 2 aromatic rings. The van der Waals surface area contributed by atoms with Gasteiger partial charge in [0.2, 0.25) is 0 Å². The standard InChI is InChI=1S/C10H12ClN3/c11-10-8(4-5-12)14-7-3-1-2-6(13)9(7)10/h1-3,14H,4-5,12-13H2. The van der Waals surface area contributed by atoms with E-state index in [9.17, 15) is 0 Å². The molecule has 0 amide bonds. The molecule has 0 spiro atoms. The fourth-order valence-electron chi connectivity index (χ4n) is 1.60. The molecule has 74 valence electrons. The molecule has 0 aliphatic rings. The zero-order chi connectivity index (χ0) is 10.1. The second kappa shape index (κ2) is 3.52. The van der Waals surface area contributed by atoms with E-state index in [2.05, 4.69) is 4.98 Å². The van der Waals surface area contributed by atoms with Crippen LogP contribution < -0.4 is 11.5 Å². The average molecular weight is 210 g/mol. The number of anilines is 1. The van der Waals surface area contributed by atoms with Crippen molar-refractivity contribution in [3.63, 3.8) is 0 Å². The zero-order valence-electron chi connectivity index (χ0n) is 7.68. The van der Waals surface area contributed by atoms with Crippen LogP contribution in [0.4, 0.5) is 5.69 Å². The number of nitrogens with two attached hydrogens (primary N) is 2. The van der Waals surface area contributed by atoms with Gasteiger partial charge in [0.25, 0.3) is 0 Å². The summed E-state index contributed by atoms with van der Waals surface area (Å²) < 4.78 is 0. The predicted molar refractivity (Wildman–Crippen MR) is 60.5 cm³/mol. The number of halogens is 1. The van der Waals surface area contributed by atoms with E-state index in [4.69, 9.17) is 23.1 Å². The topological polar surface area (TPSA) is 67.8 Å². The normalized spacial score (nSPS) is 11.0. The predicted octanol–water partition coefficient (Wildman–Crippen LogP) is 1.90. The van der Waals surface area contributed by atoms with E-state index in [1.54, 1.807) is 0 Å². The van der Waals surface area contributed by atoms with E-state index in [1.165, 1.54) is 0 Å². The number of hydrogen-bond donors (Lipinski definition) is 3. The molecule has 5 N–H and O–H groups in total. The lowest BCUT2D eigenvalue weighted by atomic mass is 10.2. The zero-order valence-corrected chi connectivity index (χ0v) is 8.43.